The molecule has 0 bridgehead atoms. The number of hydrogen-bond donors (Lipinski definition) is 1. The number of aryl methyl sites for hydroxylation is 1. The summed E-state index contributed by atoms with van der Waals surface area (Å²) < 4.78 is 36.0. The maximum atomic E-state index is 12.6. The fourth-order valence-electron chi connectivity index (χ4n) is 2.68. The van der Waals surface area contributed by atoms with Gasteiger partial charge in [0.2, 0.25) is 10.0 Å². The standard InChI is InChI=1S/C16H24N2O5S/c1-11-6-5-7-14(22-4)15(11)16(19)17-13-9-23-8-12(13)10-24(20,21)18(2)3/h5-7,12-13H,8-10H2,1-4H3,(H,17,19)/t12-,13-/m0/s1. The molecule has 1 fully saturated rings. The third-order valence-corrected chi connectivity index (χ3v) is 6.14. The summed E-state index contributed by atoms with van der Waals surface area (Å²) in [7, 11) is 1.15. The Hall–Kier alpha value is -1.64. The lowest BCUT2D eigenvalue weighted by molar-refractivity contribution is 0.0922. The van der Waals surface area contributed by atoms with Crippen LogP contribution in [0.3, 0.4) is 0 Å². The SMILES string of the molecule is COc1cccc(C)c1C(=O)N[C@H]1COC[C@H]1CS(=O)(=O)N(C)C. The maximum Gasteiger partial charge on any atom is 0.255 e. The minimum absolute atomic E-state index is 0.0597. The normalized spacial score (nSPS) is 21.0. The molecule has 134 valence electrons. The van der Waals surface area contributed by atoms with Crippen LogP contribution in [-0.4, -0.2) is 64.8 Å². The third kappa shape index (κ3) is 4.06. The van der Waals surface area contributed by atoms with Crippen LogP contribution in [0.25, 0.3) is 0 Å². The van der Waals surface area contributed by atoms with Gasteiger partial charge in [0.1, 0.15) is 5.75 Å². The van der Waals surface area contributed by atoms with Gasteiger partial charge in [-0.1, -0.05) is 12.1 Å². The zero-order valence-electron chi connectivity index (χ0n) is 14.4. The molecule has 0 saturated carbocycles. The molecule has 1 aromatic rings. The van der Waals surface area contributed by atoms with Crippen molar-refractivity contribution in [2.75, 3.05) is 40.2 Å². The Morgan fingerprint density at radius 1 is 1.38 bits per heavy atom. The van der Waals surface area contributed by atoms with Gasteiger partial charge < -0.3 is 14.8 Å². The van der Waals surface area contributed by atoms with Crippen LogP contribution in [0.1, 0.15) is 15.9 Å². The van der Waals surface area contributed by atoms with E-state index in [4.69, 9.17) is 9.47 Å². The minimum Gasteiger partial charge on any atom is -0.496 e. The summed E-state index contributed by atoms with van der Waals surface area (Å²) in [6, 6.07) is 5.02. The fourth-order valence-corrected chi connectivity index (χ4v) is 3.85. The quantitative estimate of drug-likeness (QED) is 0.809. The van der Waals surface area contributed by atoms with Crippen LogP contribution in [0.15, 0.2) is 18.2 Å². The second-order valence-electron chi connectivity index (χ2n) is 6.09. The average Bonchev–Trinajstić information content (AvgIpc) is 2.92. The molecule has 8 heteroatoms. The van der Waals surface area contributed by atoms with Crippen molar-refractivity contribution in [2.45, 2.75) is 13.0 Å². The Labute approximate surface area is 143 Å². The van der Waals surface area contributed by atoms with E-state index < -0.39 is 10.0 Å². The van der Waals surface area contributed by atoms with Crippen LogP contribution < -0.4 is 10.1 Å². The zero-order valence-corrected chi connectivity index (χ0v) is 15.2. The van der Waals surface area contributed by atoms with Crippen LogP contribution >= 0.6 is 0 Å². The Balaban J connectivity index is 2.14. The summed E-state index contributed by atoms with van der Waals surface area (Å²) in [5.41, 5.74) is 1.25. The highest BCUT2D eigenvalue weighted by molar-refractivity contribution is 7.89. The first-order valence-corrected chi connectivity index (χ1v) is 9.29. The van der Waals surface area contributed by atoms with Gasteiger partial charge in [-0.15, -0.1) is 0 Å². The number of methoxy groups -OCH3 is 1. The van der Waals surface area contributed by atoms with E-state index in [0.29, 0.717) is 24.5 Å². The number of rotatable bonds is 6. The highest BCUT2D eigenvalue weighted by Crippen LogP contribution is 2.23. The summed E-state index contributed by atoms with van der Waals surface area (Å²) in [6.07, 6.45) is 0. The van der Waals surface area contributed by atoms with Gasteiger partial charge in [-0.2, -0.15) is 0 Å². The van der Waals surface area contributed by atoms with Crippen molar-refractivity contribution in [3.8, 4) is 5.75 Å². The molecule has 1 N–H and O–H groups in total. The Morgan fingerprint density at radius 3 is 2.71 bits per heavy atom. The van der Waals surface area contributed by atoms with Gasteiger partial charge in [0.15, 0.2) is 0 Å². The molecule has 2 rings (SSSR count). The van der Waals surface area contributed by atoms with E-state index in [2.05, 4.69) is 5.32 Å². The molecule has 24 heavy (non-hydrogen) atoms. The van der Waals surface area contributed by atoms with Crippen molar-refractivity contribution in [1.29, 1.82) is 0 Å². The van der Waals surface area contributed by atoms with Gasteiger partial charge in [-0.25, -0.2) is 12.7 Å². The van der Waals surface area contributed by atoms with Gasteiger partial charge in [0, 0.05) is 20.0 Å². The highest BCUT2D eigenvalue weighted by Gasteiger charge is 2.34. The zero-order chi connectivity index (χ0) is 17.9. The van der Waals surface area contributed by atoms with Crippen molar-refractivity contribution in [2.24, 2.45) is 5.92 Å². The highest BCUT2D eigenvalue weighted by atomic mass is 32.2. The summed E-state index contributed by atoms with van der Waals surface area (Å²) in [4.78, 5) is 12.6. The monoisotopic (exact) mass is 356 g/mol. The van der Waals surface area contributed by atoms with E-state index in [-0.39, 0.29) is 23.6 Å². The number of nitrogens with zero attached hydrogens (tertiary/aromatic N) is 1. The summed E-state index contributed by atoms with van der Waals surface area (Å²) in [5, 5.41) is 2.90. The number of ether oxygens (including phenoxy) is 2. The van der Waals surface area contributed by atoms with Gasteiger partial charge >= 0.3 is 0 Å². The molecule has 0 unspecified atom stereocenters. The Kier molecular flexibility index (Phi) is 5.84. The van der Waals surface area contributed by atoms with Crippen molar-refractivity contribution < 1.29 is 22.7 Å². The number of carbonyl (C=O) groups excluding carboxylic acids is 1. The van der Waals surface area contributed by atoms with Crippen LogP contribution in [0, 0.1) is 12.8 Å². The molecule has 2 atom stereocenters. The fraction of sp³-hybridized carbons (Fsp3) is 0.562. The molecule has 1 heterocycles. The first-order chi connectivity index (χ1) is 11.3. The maximum absolute atomic E-state index is 12.6. The molecule has 7 nitrogen and oxygen atoms in total. The van der Waals surface area contributed by atoms with Crippen molar-refractivity contribution in [1.82, 2.24) is 9.62 Å². The minimum atomic E-state index is -3.36. The van der Waals surface area contributed by atoms with Gasteiger partial charge in [-0.3, -0.25) is 4.79 Å². The average molecular weight is 356 g/mol. The van der Waals surface area contributed by atoms with Crippen LogP contribution in [0.2, 0.25) is 0 Å². The number of hydrogen-bond acceptors (Lipinski definition) is 5. The summed E-state index contributed by atoms with van der Waals surface area (Å²) in [5.74, 6) is -0.136. The molecule has 0 radical (unpaired) electrons. The lowest BCUT2D eigenvalue weighted by Gasteiger charge is -2.22. The lowest BCUT2D eigenvalue weighted by atomic mass is 10.0. The molecule has 1 aliphatic heterocycles. The van der Waals surface area contributed by atoms with E-state index in [1.165, 1.54) is 25.5 Å². The molecule has 0 spiro atoms. The largest absolute Gasteiger partial charge is 0.496 e. The first kappa shape index (κ1) is 18.7. The van der Waals surface area contributed by atoms with Gasteiger partial charge in [0.25, 0.3) is 5.91 Å². The van der Waals surface area contributed by atoms with E-state index in [1.54, 1.807) is 6.07 Å². The van der Waals surface area contributed by atoms with Crippen molar-refractivity contribution >= 4 is 15.9 Å². The van der Waals surface area contributed by atoms with Gasteiger partial charge in [-0.05, 0) is 18.6 Å². The molecule has 0 aliphatic carbocycles. The number of benzene rings is 1. The summed E-state index contributed by atoms with van der Waals surface area (Å²) >= 11 is 0. The second-order valence-corrected chi connectivity index (χ2v) is 8.32. The molecular weight excluding hydrogens is 332 g/mol. The third-order valence-electron chi connectivity index (χ3n) is 4.18. The number of sulfonamides is 1. The Morgan fingerprint density at radius 2 is 2.08 bits per heavy atom. The van der Waals surface area contributed by atoms with Crippen LogP contribution in [-0.2, 0) is 14.8 Å². The topological polar surface area (TPSA) is 84.9 Å². The van der Waals surface area contributed by atoms with E-state index in [9.17, 15) is 13.2 Å². The van der Waals surface area contributed by atoms with E-state index in [1.807, 2.05) is 19.1 Å². The number of nitrogens with one attached hydrogen (secondary N) is 1. The predicted molar refractivity (Wildman–Crippen MR) is 90.8 cm³/mol. The predicted octanol–water partition coefficient (Wildman–Crippen LogP) is 0.640. The molecule has 1 aromatic carbocycles. The van der Waals surface area contributed by atoms with E-state index in [0.717, 1.165) is 5.56 Å². The molecule has 1 aliphatic rings. The molecular formula is C16H24N2O5S. The van der Waals surface area contributed by atoms with Crippen molar-refractivity contribution in [3.05, 3.63) is 29.3 Å². The van der Waals surface area contributed by atoms with Gasteiger partial charge in [0.05, 0.1) is 37.7 Å². The second kappa shape index (κ2) is 7.50. The van der Waals surface area contributed by atoms with Crippen molar-refractivity contribution in [3.63, 3.8) is 0 Å². The number of carbonyl (C=O) groups is 1. The molecule has 0 aromatic heterocycles. The lowest BCUT2D eigenvalue weighted by Crippen LogP contribution is -2.43. The van der Waals surface area contributed by atoms with E-state index >= 15 is 0 Å². The van der Waals surface area contributed by atoms with Crippen LogP contribution in [0.5, 0.6) is 5.75 Å². The molecule has 1 saturated heterocycles. The first-order valence-electron chi connectivity index (χ1n) is 7.68. The Bertz CT molecular complexity index is 702. The summed E-state index contributed by atoms with van der Waals surface area (Å²) in [6.45, 7) is 2.44. The molecule has 1 amide bonds. The smallest absolute Gasteiger partial charge is 0.255 e. The van der Waals surface area contributed by atoms with Crippen LogP contribution in [0.4, 0.5) is 0 Å². The number of amides is 1.